The molecule has 38 heavy (non-hydrogen) atoms. The Balaban J connectivity index is 1.29. The highest BCUT2D eigenvalue weighted by Crippen LogP contribution is 2.25. The van der Waals surface area contributed by atoms with Crippen molar-refractivity contribution in [2.45, 2.75) is 19.8 Å². The fraction of sp³-hybridized carbons (Fsp3) is 0.290. The first-order valence-corrected chi connectivity index (χ1v) is 12.8. The topological polar surface area (TPSA) is 71.1 Å². The second-order valence-corrected chi connectivity index (χ2v) is 9.57. The molecule has 0 spiro atoms. The van der Waals surface area contributed by atoms with Gasteiger partial charge >= 0.3 is 0 Å². The number of carbonyl (C=O) groups excluding carboxylic acids is 2. The lowest BCUT2D eigenvalue weighted by atomic mass is 10.0. The third kappa shape index (κ3) is 6.73. The van der Waals surface area contributed by atoms with E-state index in [4.69, 9.17) is 9.47 Å². The molecule has 1 N–H and O–H groups in total. The number of hydrogen-bond acceptors (Lipinski definition) is 5. The van der Waals surface area contributed by atoms with Crippen LogP contribution < -0.4 is 19.7 Å². The molecule has 198 valence electrons. The number of benzene rings is 3. The number of nitrogens with zero attached hydrogens (tertiary/aromatic N) is 2. The van der Waals surface area contributed by atoms with Crippen LogP contribution in [0, 0.1) is 0 Å². The Labute approximate surface area is 224 Å². The van der Waals surface area contributed by atoms with Gasteiger partial charge in [-0.3, -0.25) is 9.59 Å². The van der Waals surface area contributed by atoms with Gasteiger partial charge in [-0.15, -0.1) is 0 Å². The van der Waals surface area contributed by atoms with E-state index in [1.54, 1.807) is 38.5 Å². The molecule has 0 bridgehead atoms. The third-order valence-corrected chi connectivity index (χ3v) is 6.70. The highest BCUT2D eigenvalue weighted by molar-refractivity contribution is 6.02. The lowest BCUT2D eigenvalue weighted by Crippen LogP contribution is -2.48. The molecule has 0 atom stereocenters. The van der Waals surface area contributed by atoms with Gasteiger partial charge in [-0.1, -0.05) is 38.1 Å². The summed E-state index contributed by atoms with van der Waals surface area (Å²) >= 11 is 0. The minimum absolute atomic E-state index is 0.0381. The van der Waals surface area contributed by atoms with Gasteiger partial charge in [0.15, 0.2) is 0 Å². The number of methoxy groups -OCH3 is 2. The van der Waals surface area contributed by atoms with Gasteiger partial charge in [0.1, 0.15) is 11.5 Å². The largest absolute Gasteiger partial charge is 0.497 e. The molecule has 4 rings (SSSR count). The Kier molecular flexibility index (Phi) is 8.69. The molecule has 1 aliphatic rings. The van der Waals surface area contributed by atoms with Crippen LogP contribution in [-0.2, 0) is 4.79 Å². The summed E-state index contributed by atoms with van der Waals surface area (Å²) in [6.45, 7) is 6.98. The van der Waals surface area contributed by atoms with Crippen LogP contribution in [0.15, 0.2) is 72.8 Å². The molecule has 0 radical (unpaired) electrons. The van der Waals surface area contributed by atoms with Gasteiger partial charge in [0.05, 0.1) is 14.2 Å². The van der Waals surface area contributed by atoms with Crippen molar-refractivity contribution in [2.75, 3.05) is 50.6 Å². The summed E-state index contributed by atoms with van der Waals surface area (Å²) in [6, 6.07) is 21.2. The number of carbonyl (C=O) groups is 2. The highest BCUT2D eigenvalue weighted by atomic mass is 16.5. The van der Waals surface area contributed by atoms with E-state index in [9.17, 15) is 9.59 Å². The third-order valence-electron chi connectivity index (χ3n) is 6.70. The predicted octanol–water partition coefficient (Wildman–Crippen LogP) is 5.44. The van der Waals surface area contributed by atoms with E-state index in [0.717, 1.165) is 30.0 Å². The van der Waals surface area contributed by atoms with Gasteiger partial charge in [-0.2, -0.15) is 0 Å². The van der Waals surface area contributed by atoms with Crippen molar-refractivity contribution in [3.8, 4) is 11.5 Å². The molecule has 0 saturated carbocycles. The summed E-state index contributed by atoms with van der Waals surface area (Å²) in [5.74, 6) is 1.45. The number of piperazine rings is 1. The van der Waals surface area contributed by atoms with Crippen molar-refractivity contribution in [3.63, 3.8) is 0 Å². The first-order chi connectivity index (χ1) is 18.4. The van der Waals surface area contributed by atoms with Gasteiger partial charge in [0.2, 0.25) is 5.91 Å². The van der Waals surface area contributed by atoms with Gasteiger partial charge in [-0.05, 0) is 59.5 Å². The van der Waals surface area contributed by atoms with Crippen LogP contribution >= 0.6 is 0 Å². The highest BCUT2D eigenvalue weighted by Gasteiger charge is 2.23. The maximum atomic E-state index is 13.1. The van der Waals surface area contributed by atoms with Crippen molar-refractivity contribution >= 4 is 29.3 Å². The maximum absolute atomic E-state index is 13.1. The number of amides is 2. The standard InChI is InChI=1S/C31H35N3O4/c1-22(2)24-8-5-23(6-9-24)7-14-30(35)32-26-10-12-27(13-11-26)33-15-17-34(18-16-33)31(36)25-19-28(37-3)21-29(20-25)38-4/h5-14,19-22H,15-18H2,1-4H3,(H,32,35)/b14-7+. The zero-order valence-corrected chi connectivity index (χ0v) is 22.4. The molecule has 0 unspecified atom stereocenters. The van der Waals surface area contributed by atoms with Crippen LogP contribution in [-0.4, -0.2) is 57.1 Å². The van der Waals surface area contributed by atoms with E-state index in [2.05, 4.69) is 36.2 Å². The monoisotopic (exact) mass is 513 g/mol. The lowest BCUT2D eigenvalue weighted by molar-refractivity contribution is -0.111. The molecule has 2 amide bonds. The fourth-order valence-corrected chi connectivity index (χ4v) is 4.38. The minimum Gasteiger partial charge on any atom is -0.497 e. The number of anilines is 2. The Morgan fingerprint density at radius 3 is 2.00 bits per heavy atom. The Hall–Kier alpha value is -4.26. The van der Waals surface area contributed by atoms with Crippen LogP contribution in [0.25, 0.3) is 6.08 Å². The van der Waals surface area contributed by atoms with Crippen molar-refractivity contribution in [3.05, 3.63) is 89.5 Å². The van der Waals surface area contributed by atoms with Crippen LogP contribution in [0.5, 0.6) is 11.5 Å². The molecule has 7 nitrogen and oxygen atoms in total. The van der Waals surface area contributed by atoms with Gasteiger partial charge in [-0.25, -0.2) is 0 Å². The van der Waals surface area contributed by atoms with Gasteiger partial charge < -0.3 is 24.6 Å². The second-order valence-electron chi connectivity index (χ2n) is 9.57. The lowest BCUT2D eigenvalue weighted by Gasteiger charge is -2.36. The zero-order chi connectivity index (χ0) is 27.1. The smallest absolute Gasteiger partial charge is 0.254 e. The van der Waals surface area contributed by atoms with E-state index in [0.29, 0.717) is 36.1 Å². The average Bonchev–Trinajstić information content (AvgIpc) is 2.96. The van der Waals surface area contributed by atoms with Crippen LogP contribution in [0.3, 0.4) is 0 Å². The van der Waals surface area contributed by atoms with Crippen LogP contribution in [0.2, 0.25) is 0 Å². The minimum atomic E-state index is -0.174. The SMILES string of the molecule is COc1cc(OC)cc(C(=O)N2CCN(c3ccc(NC(=O)/C=C/c4ccc(C(C)C)cc4)cc3)CC2)c1. The molecule has 1 fully saturated rings. The van der Waals surface area contributed by atoms with Gasteiger partial charge in [0, 0.05) is 55.3 Å². The van der Waals surface area contributed by atoms with Gasteiger partial charge in [0.25, 0.3) is 5.91 Å². The van der Waals surface area contributed by atoms with E-state index < -0.39 is 0 Å². The summed E-state index contributed by atoms with van der Waals surface area (Å²) in [5.41, 5.74) is 4.61. The van der Waals surface area contributed by atoms with E-state index in [1.807, 2.05) is 47.4 Å². The zero-order valence-electron chi connectivity index (χ0n) is 22.4. The summed E-state index contributed by atoms with van der Waals surface area (Å²) in [7, 11) is 3.14. The predicted molar refractivity (Wildman–Crippen MR) is 152 cm³/mol. The van der Waals surface area contributed by atoms with Crippen molar-refractivity contribution in [2.24, 2.45) is 0 Å². The Morgan fingerprint density at radius 1 is 0.842 bits per heavy atom. The quantitative estimate of drug-likeness (QED) is 0.406. The molecular weight excluding hydrogens is 478 g/mol. The molecule has 3 aromatic carbocycles. The fourth-order valence-electron chi connectivity index (χ4n) is 4.38. The molecule has 1 heterocycles. The summed E-state index contributed by atoms with van der Waals surface area (Å²) in [5, 5.41) is 2.91. The summed E-state index contributed by atoms with van der Waals surface area (Å²) < 4.78 is 10.6. The van der Waals surface area contributed by atoms with Crippen molar-refractivity contribution in [1.29, 1.82) is 0 Å². The molecule has 1 aliphatic heterocycles. The molecule has 1 saturated heterocycles. The second kappa shape index (κ2) is 12.3. The number of rotatable bonds is 8. The van der Waals surface area contributed by atoms with E-state index in [-0.39, 0.29) is 11.8 Å². The molecule has 0 aromatic heterocycles. The molecular formula is C31H35N3O4. The van der Waals surface area contributed by atoms with Crippen LogP contribution in [0.4, 0.5) is 11.4 Å². The molecule has 0 aliphatic carbocycles. The maximum Gasteiger partial charge on any atom is 0.254 e. The molecule has 7 heteroatoms. The number of nitrogens with one attached hydrogen (secondary N) is 1. The van der Waals surface area contributed by atoms with E-state index in [1.165, 1.54) is 5.56 Å². The number of hydrogen-bond donors (Lipinski definition) is 1. The Bertz CT molecular complexity index is 1250. The summed E-state index contributed by atoms with van der Waals surface area (Å²) in [4.78, 5) is 29.5. The average molecular weight is 514 g/mol. The number of ether oxygens (including phenoxy) is 2. The first kappa shape index (κ1) is 26.8. The first-order valence-electron chi connectivity index (χ1n) is 12.8. The Morgan fingerprint density at radius 2 is 1.45 bits per heavy atom. The molecule has 3 aromatic rings. The van der Waals surface area contributed by atoms with Crippen LogP contribution in [0.1, 0.15) is 41.3 Å². The van der Waals surface area contributed by atoms with E-state index >= 15 is 0 Å². The summed E-state index contributed by atoms with van der Waals surface area (Å²) in [6.07, 6.45) is 3.36. The normalized spacial score (nSPS) is 13.6. The van der Waals surface area contributed by atoms with Crippen molar-refractivity contribution < 1.29 is 19.1 Å². The van der Waals surface area contributed by atoms with Crippen molar-refractivity contribution in [1.82, 2.24) is 4.90 Å².